The highest BCUT2D eigenvalue weighted by Crippen LogP contribution is 2.27. The summed E-state index contributed by atoms with van der Waals surface area (Å²) in [5.41, 5.74) is 3.16. The van der Waals surface area contributed by atoms with E-state index < -0.39 is 0 Å². The molecule has 6 nitrogen and oxygen atoms in total. The van der Waals surface area contributed by atoms with Gasteiger partial charge in [0.05, 0.1) is 17.4 Å². The third-order valence-electron chi connectivity index (χ3n) is 2.13. The summed E-state index contributed by atoms with van der Waals surface area (Å²) in [5.74, 6) is 0.649. The Morgan fingerprint density at radius 1 is 1.41 bits per heavy atom. The molecule has 0 aliphatic carbocycles. The van der Waals surface area contributed by atoms with E-state index in [-0.39, 0.29) is 5.28 Å². The molecule has 8 heteroatoms. The zero-order valence-electron chi connectivity index (χ0n) is 8.75. The molecule has 3 aromatic rings. The molecular weight excluding hydrogens is 260 g/mol. The number of hydrogen-bond acceptors (Lipinski definition) is 6. The van der Waals surface area contributed by atoms with Gasteiger partial charge in [0.2, 0.25) is 5.28 Å². The van der Waals surface area contributed by atoms with Gasteiger partial charge in [-0.25, -0.2) is 4.98 Å². The SMILES string of the molecule is Cn1cc(Nc2nc(Cl)nc3ncsc23)cn1. The third kappa shape index (κ3) is 1.94. The first-order valence-corrected chi connectivity index (χ1v) is 6.00. The van der Waals surface area contributed by atoms with Crippen molar-refractivity contribution in [2.24, 2.45) is 7.05 Å². The largest absolute Gasteiger partial charge is 0.336 e. The van der Waals surface area contributed by atoms with E-state index in [2.05, 4.69) is 25.4 Å². The number of nitrogens with one attached hydrogen (secondary N) is 1. The lowest BCUT2D eigenvalue weighted by atomic mass is 10.5. The van der Waals surface area contributed by atoms with E-state index in [1.807, 2.05) is 13.2 Å². The first-order chi connectivity index (χ1) is 8.22. The summed E-state index contributed by atoms with van der Waals surface area (Å²) < 4.78 is 2.58. The van der Waals surface area contributed by atoms with Gasteiger partial charge in [-0.2, -0.15) is 15.1 Å². The predicted octanol–water partition coefficient (Wildman–Crippen LogP) is 2.22. The van der Waals surface area contributed by atoms with Crippen LogP contribution in [-0.2, 0) is 7.05 Å². The van der Waals surface area contributed by atoms with E-state index in [0.29, 0.717) is 11.5 Å². The van der Waals surface area contributed by atoms with Crippen LogP contribution in [0.3, 0.4) is 0 Å². The second-order valence-electron chi connectivity index (χ2n) is 3.37. The number of fused-ring (bicyclic) bond motifs is 1. The summed E-state index contributed by atoms with van der Waals surface area (Å²) in [6, 6.07) is 0. The van der Waals surface area contributed by atoms with Gasteiger partial charge >= 0.3 is 0 Å². The summed E-state index contributed by atoms with van der Waals surface area (Å²) in [4.78, 5) is 12.3. The van der Waals surface area contributed by atoms with Gasteiger partial charge in [-0.15, -0.1) is 11.3 Å². The molecule has 0 amide bonds. The summed E-state index contributed by atoms with van der Waals surface area (Å²) in [6.07, 6.45) is 3.56. The molecule has 0 fully saturated rings. The summed E-state index contributed by atoms with van der Waals surface area (Å²) >= 11 is 7.30. The lowest BCUT2D eigenvalue weighted by molar-refractivity contribution is 0.768. The maximum absolute atomic E-state index is 5.83. The van der Waals surface area contributed by atoms with Crippen LogP contribution in [0.4, 0.5) is 11.5 Å². The molecule has 0 saturated heterocycles. The highest BCUT2D eigenvalue weighted by atomic mass is 35.5. The molecule has 17 heavy (non-hydrogen) atoms. The highest BCUT2D eigenvalue weighted by Gasteiger charge is 2.09. The van der Waals surface area contributed by atoms with E-state index in [1.165, 1.54) is 11.3 Å². The fourth-order valence-corrected chi connectivity index (χ4v) is 2.28. The minimum absolute atomic E-state index is 0.176. The molecule has 0 spiro atoms. The number of thiazole rings is 1. The Hall–Kier alpha value is -1.73. The first-order valence-electron chi connectivity index (χ1n) is 4.75. The molecule has 0 bridgehead atoms. The van der Waals surface area contributed by atoms with Gasteiger partial charge in [-0.3, -0.25) is 4.68 Å². The quantitative estimate of drug-likeness (QED) is 0.720. The standard InChI is InChI=1S/C9H7ClN6S/c1-16-3-5(2-12-16)13-8-6-7(11-4-17-6)14-9(10)15-8/h2-4H,1H3,(H,13,14,15). The monoisotopic (exact) mass is 266 g/mol. The van der Waals surface area contributed by atoms with Crippen LogP contribution in [0.25, 0.3) is 10.3 Å². The molecule has 3 heterocycles. The van der Waals surface area contributed by atoms with Gasteiger partial charge in [0.1, 0.15) is 4.70 Å². The fourth-order valence-electron chi connectivity index (χ4n) is 1.44. The van der Waals surface area contributed by atoms with Gasteiger partial charge in [0.15, 0.2) is 11.5 Å². The normalized spacial score (nSPS) is 10.9. The Morgan fingerprint density at radius 2 is 2.29 bits per heavy atom. The van der Waals surface area contributed by atoms with E-state index in [4.69, 9.17) is 11.6 Å². The summed E-state index contributed by atoms with van der Waals surface area (Å²) in [5, 5.41) is 7.39. The molecule has 0 saturated carbocycles. The van der Waals surface area contributed by atoms with E-state index in [9.17, 15) is 0 Å². The first kappa shape index (κ1) is 10.4. The molecule has 0 aliphatic heterocycles. The minimum Gasteiger partial charge on any atom is -0.336 e. The van der Waals surface area contributed by atoms with Crippen LogP contribution < -0.4 is 5.32 Å². The van der Waals surface area contributed by atoms with E-state index >= 15 is 0 Å². The highest BCUT2D eigenvalue weighted by molar-refractivity contribution is 7.17. The number of nitrogens with zero attached hydrogens (tertiary/aromatic N) is 5. The molecule has 1 N–H and O–H groups in total. The zero-order chi connectivity index (χ0) is 11.8. The van der Waals surface area contributed by atoms with Crippen LogP contribution in [0.5, 0.6) is 0 Å². The number of aryl methyl sites for hydroxylation is 1. The maximum Gasteiger partial charge on any atom is 0.226 e. The Morgan fingerprint density at radius 3 is 3.06 bits per heavy atom. The molecule has 3 aromatic heterocycles. The van der Waals surface area contributed by atoms with Crippen molar-refractivity contribution in [3.05, 3.63) is 23.2 Å². The van der Waals surface area contributed by atoms with Crippen LogP contribution in [-0.4, -0.2) is 24.7 Å². The van der Waals surface area contributed by atoms with Crippen molar-refractivity contribution < 1.29 is 0 Å². The van der Waals surface area contributed by atoms with Gasteiger partial charge < -0.3 is 5.32 Å². The Bertz CT molecular complexity index is 675. The molecule has 0 aromatic carbocycles. The van der Waals surface area contributed by atoms with Crippen LogP contribution in [0.2, 0.25) is 5.28 Å². The van der Waals surface area contributed by atoms with Crippen LogP contribution in [0.15, 0.2) is 17.9 Å². The molecule has 86 valence electrons. The molecule has 0 aliphatic rings. The van der Waals surface area contributed by atoms with Crippen molar-refractivity contribution in [3.8, 4) is 0 Å². The molecular formula is C9H7ClN6S. The zero-order valence-corrected chi connectivity index (χ0v) is 10.3. The van der Waals surface area contributed by atoms with Gasteiger partial charge in [0.25, 0.3) is 0 Å². The number of rotatable bonds is 2. The Kier molecular flexibility index (Phi) is 2.41. The second kappa shape index (κ2) is 3.94. The van der Waals surface area contributed by atoms with Crippen molar-refractivity contribution in [3.63, 3.8) is 0 Å². The smallest absolute Gasteiger partial charge is 0.226 e. The maximum atomic E-state index is 5.83. The second-order valence-corrected chi connectivity index (χ2v) is 4.57. The average Bonchev–Trinajstić information content (AvgIpc) is 2.87. The van der Waals surface area contributed by atoms with Crippen molar-refractivity contribution in [1.82, 2.24) is 24.7 Å². The summed E-state index contributed by atoms with van der Waals surface area (Å²) in [6.45, 7) is 0. The van der Waals surface area contributed by atoms with Gasteiger partial charge in [-0.1, -0.05) is 0 Å². The minimum atomic E-state index is 0.176. The van der Waals surface area contributed by atoms with Crippen molar-refractivity contribution in [2.45, 2.75) is 0 Å². The van der Waals surface area contributed by atoms with E-state index in [1.54, 1.807) is 16.4 Å². The lowest BCUT2D eigenvalue weighted by Crippen LogP contribution is -1.95. The number of hydrogen-bond donors (Lipinski definition) is 1. The van der Waals surface area contributed by atoms with Crippen molar-refractivity contribution >= 4 is 44.8 Å². The van der Waals surface area contributed by atoms with Crippen molar-refractivity contribution in [2.75, 3.05) is 5.32 Å². The van der Waals surface area contributed by atoms with Crippen molar-refractivity contribution in [1.29, 1.82) is 0 Å². The van der Waals surface area contributed by atoms with Crippen LogP contribution in [0, 0.1) is 0 Å². The predicted molar refractivity (Wildman–Crippen MR) is 66.7 cm³/mol. The molecule has 0 radical (unpaired) electrons. The molecule has 0 unspecified atom stereocenters. The van der Waals surface area contributed by atoms with Crippen LogP contribution in [0.1, 0.15) is 0 Å². The van der Waals surface area contributed by atoms with Gasteiger partial charge in [0, 0.05) is 13.2 Å². The number of halogens is 1. The number of anilines is 2. The third-order valence-corrected chi connectivity index (χ3v) is 3.13. The summed E-state index contributed by atoms with van der Waals surface area (Å²) in [7, 11) is 1.85. The van der Waals surface area contributed by atoms with E-state index in [0.717, 1.165) is 10.4 Å². The topological polar surface area (TPSA) is 68.5 Å². The fraction of sp³-hybridized carbons (Fsp3) is 0.111. The molecule has 3 rings (SSSR count). The van der Waals surface area contributed by atoms with Crippen LogP contribution >= 0.6 is 22.9 Å². The van der Waals surface area contributed by atoms with Gasteiger partial charge in [-0.05, 0) is 11.6 Å². The Labute approximate surface area is 105 Å². The Balaban J connectivity index is 2.07. The lowest BCUT2D eigenvalue weighted by Gasteiger charge is -2.02. The molecule has 0 atom stereocenters. The average molecular weight is 267 g/mol. The number of aromatic nitrogens is 5.